The number of anilines is 1. The Hall–Kier alpha value is -2.68. The van der Waals surface area contributed by atoms with Crippen LogP contribution >= 0.6 is 0 Å². The van der Waals surface area contributed by atoms with Crippen LogP contribution in [0.15, 0.2) is 66.9 Å². The number of carbonyl (C=O) groups excluding carboxylic acids is 1. The summed E-state index contributed by atoms with van der Waals surface area (Å²) in [4.78, 5) is 17.4. The van der Waals surface area contributed by atoms with Crippen molar-refractivity contribution >= 4 is 23.0 Å². The monoisotopic (exact) mass is 262 g/mol. The first kappa shape index (κ1) is 12.4. The summed E-state index contributed by atoms with van der Waals surface area (Å²) in [6, 6.07) is 19.8. The van der Waals surface area contributed by atoms with E-state index in [0.717, 1.165) is 28.6 Å². The molecule has 1 heterocycles. The number of benzene rings is 2. The number of nitrogens with zero attached hydrogens (tertiary/aromatic N) is 2. The Morgan fingerprint density at radius 3 is 2.55 bits per heavy atom. The maximum Gasteiger partial charge on any atom is 0.214 e. The van der Waals surface area contributed by atoms with Crippen LogP contribution in [0, 0.1) is 0 Å². The van der Waals surface area contributed by atoms with Crippen molar-refractivity contribution in [1.82, 2.24) is 4.98 Å². The molecule has 0 saturated heterocycles. The fourth-order valence-corrected chi connectivity index (χ4v) is 2.19. The van der Waals surface area contributed by atoms with Crippen molar-refractivity contribution in [1.29, 1.82) is 0 Å². The molecule has 3 rings (SSSR count). The Kier molecular flexibility index (Phi) is 3.42. The molecule has 0 aliphatic rings. The molecule has 2 aromatic carbocycles. The molecule has 0 radical (unpaired) electrons. The lowest BCUT2D eigenvalue weighted by Crippen LogP contribution is -2.20. The average molecular weight is 262 g/mol. The summed E-state index contributed by atoms with van der Waals surface area (Å²) in [6.45, 7) is 0.546. The van der Waals surface area contributed by atoms with E-state index in [-0.39, 0.29) is 0 Å². The van der Waals surface area contributed by atoms with Gasteiger partial charge in [-0.3, -0.25) is 9.78 Å². The van der Waals surface area contributed by atoms with Gasteiger partial charge < -0.3 is 4.90 Å². The molecule has 0 aliphatic heterocycles. The second-order valence-corrected chi connectivity index (χ2v) is 4.61. The number of para-hydroxylation sites is 1. The smallest absolute Gasteiger partial charge is 0.214 e. The van der Waals surface area contributed by atoms with Gasteiger partial charge in [-0.25, -0.2) is 0 Å². The van der Waals surface area contributed by atoms with Crippen molar-refractivity contribution in [3.05, 3.63) is 72.4 Å². The summed E-state index contributed by atoms with van der Waals surface area (Å²) in [5.41, 5.74) is 2.83. The topological polar surface area (TPSA) is 33.2 Å². The minimum atomic E-state index is 0.546. The van der Waals surface area contributed by atoms with Crippen molar-refractivity contribution < 1.29 is 4.79 Å². The predicted octanol–water partition coefficient (Wildman–Crippen LogP) is 3.40. The molecule has 1 amide bonds. The van der Waals surface area contributed by atoms with E-state index in [1.54, 1.807) is 11.1 Å². The van der Waals surface area contributed by atoms with Gasteiger partial charge in [-0.2, -0.15) is 0 Å². The Balaban J connectivity index is 1.93. The van der Waals surface area contributed by atoms with Gasteiger partial charge in [-0.05, 0) is 17.7 Å². The molecule has 0 spiro atoms. The quantitative estimate of drug-likeness (QED) is 0.675. The first-order valence-corrected chi connectivity index (χ1v) is 6.47. The summed E-state index contributed by atoms with van der Waals surface area (Å²) in [5.74, 6) is 0. The van der Waals surface area contributed by atoms with Crippen LogP contribution in [-0.4, -0.2) is 11.4 Å². The Labute approximate surface area is 117 Å². The maximum atomic E-state index is 11.3. The molecule has 3 aromatic rings. The van der Waals surface area contributed by atoms with Gasteiger partial charge in [0.15, 0.2) is 0 Å². The number of hydrogen-bond acceptors (Lipinski definition) is 2. The van der Waals surface area contributed by atoms with Crippen LogP contribution in [0.1, 0.15) is 5.56 Å². The zero-order chi connectivity index (χ0) is 13.8. The lowest BCUT2D eigenvalue weighted by Gasteiger charge is -2.17. The molecule has 0 unspecified atom stereocenters. The van der Waals surface area contributed by atoms with Gasteiger partial charge >= 0.3 is 0 Å². The van der Waals surface area contributed by atoms with Gasteiger partial charge in [0.25, 0.3) is 0 Å². The van der Waals surface area contributed by atoms with Crippen LogP contribution in [0.2, 0.25) is 0 Å². The van der Waals surface area contributed by atoms with E-state index in [1.807, 2.05) is 60.7 Å². The van der Waals surface area contributed by atoms with Crippen molar-refractivity contribution in [3.63, 3.8) is 0 Å². The van der Waals surface area contributed by atoms with Gasteiger partial charge in [0, 0.05) is 5.39 Å². The molecular weight excluding hydrogens is 248 g/mol. The molecule has 0 fully saturated rings. The van der Waals surface area contributed by atoms with Crippen molar-refractivity contribution in [2.75, 3.05) is 4.90 Å². The molecule has 0 bridgehead atoms. The summed E-state index contributed by atoms with van der Waals surface area (Å²) in [7, 11) is 0. The van der Waals surface area contributed by atoms with E-state index >= 15 is 0 Å². The summed E-state index contributed by atoms with van der Waals surface area (Å²) >= 11 is 0. The standard InChI is InChI=1S/C17H14N2O/c20-13-19(12-14-6-2-1-3-7-14)16-10-15-8-4-5-9-17(15)18-11-16/h1-11,13H,12H2. The molecule has 0 atom stereocenters. The predicted molar refractivity (Wildman–Crippen MR) is 80.4 cm³/mol. The SMILES string of the molecule is O=CN(Cc1ccccc1)c1cnc2ccccc2c1. The van der Waals surface area contributed by atoms with Gasteiger partial charge in [0.1, 0.15) is 0 Å². The molecule has 3 nitrogen and oxygen atoms in total. The van der Waals surface area contributed by atoms with Gasteiger partial charge in [0.05, 0.1) is 23.9 Å². The van der Waals surface area contributed by atoms with Crippen LogP contribution in [0.25, 0.3) is 10.9 Å². The third kappa shape index (κ3) is 2.52. The number of pyridine rings is 1. The molecule has 20 heavy (non-hydrogen) atoms. The number of amides is 1. The largest absolute Gasteiger partial charge is 0.309 e. The fraction of sp³-hybridized carbons (Fsp3) is 0.0588. The van der Waals surface area contributed by atoms with E-state index in [4.69, 9.17) is 0 Å². The Bertz CT molecular complexity index is 725. The van der Waals surface area contributed by atoms with E-state index < -0.39 is 0 Å². The highest BCUT2D eigenvalue weighted by molar-refractivity contribution is 5.85. The highest BCUT2D eigenvalue weighted by Crippen LogP contribution is 2.20. The van der Waals surface area contributed by atoms with Crippen molar-refractivity contribution in [2.45, 2.75) is 6.54 Å². The first-order valence-electron chi connectivity index (χ1n) is 6.47. The molecule has 1 aromatic heterocycles. The third-order valence-corrected chi connectivity index (χ3v) is 3.23. The van der Waals surface area contributed by atoms with Crippen LogP contribution in [0.4, 0.5) is 5.69 Å². The van der Waals surface area contributed by atoms with E-state index in [1.165, 1.54) is 0 Å². The second kappa shape index (κ2) is 5.53. The van der Waals surface area contributed by atoms with E-state index in [2.05, 4.69) is 4.98 Å². The molecule has 0 N–H and O–H groups in total. The zero-order valence-corrected chi connectivity index (χ0v) is 10.9. The number of aromatic nitrogens is 1. The fourth-order valence-electron chi connectivity index (χ4n) is 2.19. The maximum absolute atomic E-state index is 11.3. The normalized spacial score (nSPS) is 10.4. The third-order valence-electron chi connectivity index (χ3n) is 3.23. The van der Waals surface area contributed by atoms with Crippen molar-refractivity contribution in [3.8, 4) is 0 Å². The average Bonchev–Trinajstić information content (AvgIpc) is 2.53. The van der Waals surface area contributed by atoms with Crippen LogP contribution < -0.4 is 4.90 Å². The summed E-state index contributed by atoms with van der Waals surface area (Å²) < 4.78 is 0. The highest BCUT2D eigenvalue weighted by atomic mass is 16.1. The zero-order valence-electron chi connectivity index (χ0n) is 10.9. The molecule has 0 saturated carbocycles. The second-order valence-electron chi connectivity index (χ2n) is 4.61. The minimum Gasteiger partial charge on any atom is -0.309 e. The van der Waals surface area contributed by atoms with Crippen LogP contribution in [0.5, 0.6) is 0 Å². The van der Waals surface area contributed by atoms with E-state index in [0.29, 0.717) is 6.54 Å². The molecule has 98 valence electrons. The summed E-state index contributed by atoms with van der Waals surface area (Å²) in [6.07, 6.45) is 2.58. The molecule has 0 aliphatic carbocycles. The summed E-state index contributed by atoms with van der Waals surface area (Å²) in [5, 5.41) is 1.03. The van der Waals surface area contributed by atoms with Crippen LogP contribution in [0.3, 0.4) is 0 Å². The lowest BCUT2D eigenvalue weighted by molar-refractivity contribution is -0.107. The number of rotatable bonds is 4. The van der Waals surface area contributed by atoms with Crippen LogP contribution in [-0.2, 0) is 11.3 Å². The van der Waals surface area contributed by atoms with E-state index in [9.17, 15) is 4.79 Å². The molecule has 3 heteroatoms. The Morgan fingerprint density at radius 2 is 1.75 bits per heavy atom. The highest BCUT2D eigenvalue weighted by Gasteiger charge is 2.07. The Morgan fingerprint density at radius 1 is 1.00 bits per heavy atom. The number of hydrogen-bond donors (Lipinski definition) is 0. The van der Waals surface area contributed by atoms with Crippen molar-refractivity contribution in [2.24, 2.45) is 0 Å². The lowest BCUT2D eigenvalue weighted by atomic mass is 10.2. The number of carbonyl (C=O) groups is 1. The van der Waals surface area contributed by atoms with Gasteiger partial charge in [-0.1, -0.05) is 48.5 Å². The van der Waals surface area contributed by atoms with Gasteiger partial charge in [0.2, 0.25) is 6.41 Å². The van der Waals surface area contributed by atoms with Gasteiger partial charge in [-0.15, -0.1) is 0 Å². The first-order chi connectivity index (χ1) is 9.86. The number of fused-ring (bicyclic) bond motifs is 1. The minimum absolute atomic E-state index is 0.546. The molecular formula is C17H14N2O.